The number of thioether (sulfide) groups is 1. The molecule has 4 rings (SSSR count). The topological polar surface area (TPSA) is 38.7 Å². The molecular weight excluding hydrogens is 322 g/mol. The largest absolute Gasteiger partial charge is 0.260 e. The number of nitrogens with zero attached hydrogens (tertiary/aromatic N) is 3. The number of benzene rings is 1. The van der Waals surface area contributed by atoms with E-state index in [0.717, 1.165) is 26.7 Å². The third-order valence-corrected chi connectivity index (χ3v) is 5.41. The average Bonchev–Trinajstić information content (AvgIpc) is 3.06. The maximum atomic E-state index is 4.51. The summed E-state index contributed by atoms with van der Waals surface area (Å²) in [6, 6.07) is 16.4. The van der Waals surface area contributed by atoms with E-state index in [4.69, 9.17) is 0 Å². The summed E-state index contributed by atoms with van der Waals surface area (Å²) in [6.45, 7) is 0. The molecule has 0 saturated carbocycles. The van der Waals surface area contributed by atoms with Crippen LogP contribution in [-0.2, 0) is 5.75 Å². The predicted molar refractivity (Wildman–Crippen MR) is 96.6 cm³/mol. The van der Waals surface area contributed by atoms with Gasteiger partial charge in [-0.25, -0.2) is 9.97 Å². The summed E-state index contributed by atoms with van der Waals surface area (Å²) in [5.41, 5.74) is 3.46. The smallest absolute Gasteiger partial charge is 0.128 e. The van der Waals surface area contributed by atoms with Gasteiger partial charge in [-0.1, -0.05) is 48.2 Å². The van der Waals surface area contributed by atoms with Crippen molar-refractivity contribution in [2.24, 2.45) is 0 Å². The molecule has 0 aliphatic rings. The SMILES string of the molecule is c1ccc(-c2csc3ncnc(SCc4ccccn4)c23)cc1. The first-order chi connectivity index (χ1) is 11.4. The Morgan fingerprint density at radius 2 is 1.78 bits per heavy atom. The number of rotatable bonds is 4. The molecule has 4 aromatic rings. The van der Waals surface area contributed by atoms with Gasteiger partial charge in [0.25, 0.3) is 0 Å². The van der Waals surface area contributed by atoms with Gasteiger partial charge in [-0.05, 0) is 17.7 Å². The zero-order chi connectivity index (χ0) is 15.5. The van der Waals surface area contributed by atoms with Crippen LogP contribution in [0.15, 0.2) is 71.5 Å². The molecule has 0 bridgehead atoms. The minimum absolute atomic E-state index is 0.803. The number of thiophene rings is 1. The summed E-state index contributed by atoms with van der Waals surface area (Å²) in [5.74, 6) is 0.803. The number of aromatic nitrogens is 3. The molecule has 3 aromatic heterocycles. The summed E-state index contributed by atoms with van der Waals surface area (Å²) in [5, 5.41) is 4.32. The molecule has 5 heteroatoms. The van der Waals surface area contributed by atoms with Crippen LogP contribution in [0.2, 0.25) is 0 Å². The van der Waals surface area contributed by atoms with Crippen molar-refractivity contribution in [3.63, 3.8) is 0 Å². The highest BCUT2D eigenvalue weighted by atomic mass is 32.2. The standard InChI is InChI=1S/C18H13N3S2/c1-2-6-13(7-3-1)15-11-23-18-16(15)17(20-12-21-18)22-10-14-8-4-5-9-19-14/h1-9,11-12H,10H2. The highest BCUT2D eigenvalue weighted by Crippen LogP contribution is 2.38. The van der Waals surface area contributed by atoms with Gasteiger partial charge >= 0.3 is 0 Å². The Bertz CT molecular complexity index is 921. The van der Waals surface area contributed by atoms with Gasteiger partial charge in [-0.2, -0.15) is 0 Å². The second kappa shape index (κ2) is 6.48. The van der Waals surface area contributed by atoms with E-state index in [2.05, 4.69) is 44.6 Å². The Morgan fingerprint density at radius 1 is 0.913 bits per heavy atom. The fraction of sp³-hybridized carbons (Fsp3) is 0.0556. The third kappa shape index (κ3) is 2.98. The Morgan fingerprint density at radius 3 is 2.61 bits per heavy atom. The quantitative estimate of drug-likeness (QED) is 0.386. The van der Waals surface area contributed by atoms with Crippen LogP contribution < -0.4 is 0 Å². The van der Waals surface area contributed by atoms with Crippen LogP contribution in [0.1, 0.15) is 5.69 Å². The molecule has 0 atom stereocenters. The highest BCUT2D eigenvalue weighted by Gasteiger charge is 2.13. The zero-order valence-corrected chi connectivity index (χ0v) is 13.8. The summed E-state index contributed by atoms with van der Waals surface area (Å²) in [4.78, 5) is 14.3. The van der Waals surface area contributed by atoms with Crippen LogP contribution in [0.4, 0.5) is 0 Å². The van der Waals surface area contributed by atoms with Crippen molar-refractivity contribution in [2.75, 3.05) is 0 Å². The summed E-state index contributed by atoms with van der Waals surface area (Å²) < 4.78 is 0. The van der Waals surface area contributed by atoms with E-state index in [1.165, 1.54) is 11.1 Å². The second-order valence-corrected chi connectivity index (χ2v) is 6.81. The van der Waals surface area contributed by atoms with Gasteiger partial charge in [0, 0.05) is 22.9 Å². The monoisotopic (exact) mass is 335 g/mol. The lowest BCUT2D eigenvalue weighted by atomic mass is 10.1. The van der Waals surface area contributed by atoms with Crippen LogP contribution >= 0.6 is 23.1 Å². The van der Waals surface area contributed by atoms with Crippen LogP contribution in [-0.4, -0.2) is 15.0 Å². The van der Waals surface area contributed by atoms with E-state index in [9.17, 15) is 0 Å². The second-order valence-electron chi connectivity index (χ2n) is 4.98. The molecule has 0 unspecified atom stereocenters. The van der Waals surface area contributed by atoms with Crippen molar-refractivity contribution in [2.45, 2.75) is 10.8 Å². The number of fused-ring (bicyclic) bond motifs is 1. The first-order valence-electron chi connectivity index (χ1n) is 7.22. The molecule has 1 aromatic carbocycles. The Kier molecular flexibility index (Phi) is 4.05. The minimum Gasteiger partial charge on any atom is -0.260 e. The van der Waals surface area contributed by atoms with Gasteiger partial charge in [0.2, 0.25) is 0 Å². The lowest BCUT2D eigenvalue weighted by Gasteiger charge is -2.05. The van der Waals surface area contributed by atoms with Crippen molar-refractivity contribution in [3.8, 4) is 11.1 Å². The fourth-order valence-electron chi connectivity index (χ4n) is 2.41. The highest BCUT2D eigenvalue weighted by molar-refractivity contribution is 7.98. The van der Waals surface area contributed by atoms with E-state index in [0.29, 0.717) is 0 Å². The summed E-state index contributed by atoms with van der Waals surface area (Å²) >= 11 is 3.37. The molecular formula is C18H13N3S2. The van der Waals surface area contributed by atoms with E-state index in [-0.39, 0.29) is 0 Å². The Hall–Kier alpha value is -2.24. The first kappa shape index (κ1) is 14.4. The maximum Gasteiger partial charge on any atom is 0.128 e. The third-order valence-electron chi connectivity index (χ3n) is 3.50. The molecule has 0 saturated heterocycles. The van der Waals surface area contributed by atoms with Crippen LogP contribution in [0.5, 0.6) is 0 Å². The van der Waals surface area contributed by atoms with Gasteiger partial charge in [0.05, 0.1) is 11.1 Å². The molecule has 3 heterocycles. The molecule has 23 heavy (non-hydrogen) atoms. The van der Waals surface area contributed by atoms with Gasteiger partial charge in [0.15, 0.2) is 0 Å². The molecule has 0 spiro atoms. The van der Waals surface area contributed by atoms with Crippen molar-refractivity contribution in [1.82, 2.24) is 15.0 Å². The predicted octanol–water partition coefficient (Wildman–Crippen LogP) is 5.05. The van der Waals surface area contributed by atoms with Crippen molar-refractivity contribution in [1.29, 1.82) is 0 Å². The lowest BCUT2D eigenvalue weighted by molar-refractivity contribution is 1.10. The van der Waals surface area contributed by atoms with Crippen molar-refractivity contribution >= 4 is 33.3 Å². The Balaban J connectivity index is 1.73. The molecule has 0 fully saturated rings. The lowest BCUT2D eigenvalue weighted by Crippen LogP contribution is -1.89. The summed E-state index contributed by atoms with van der Waals surface area (Å²) in [7, 11) is 0. The molecule has 0 radical (unpaired) electrons. The van der Waals surface area contributed by atoms with Crippen LogP contribution in [0.3, 0.4) is 0 Å². The van der Waals surface area contributed by atoms with E-state index in [1.54, 1.807) is 29.4 Å². The minimum atomic E-state index is 0.803. The maximum absolute atomic E-state index is 4.51. The summed E-state index contributed by atoms with van der Waals surface area (Å²) in [6.07, 6.45) is 3.47. The average molecular weight is 335 g/mol. The molecule has 112 valence electrons. The van der Waals surface area contributed by atoms with E-state index < -0.39 is 0 Å². The molecule has 3 nitrogen and oxygen atoms in total. The number of hydrogen-bond acceptors (Lipinski definition) is 5. The van der Waals surface area contributed by atoms with Gasteiger partial charge < -0.3 is 0 Å². The number of pyridine rings is 1. The van der Waals surface area contributed by atoms with Gasteiger partial charge in [0.1, 0.15) is 16.2 Å². The molecule has 0 amide bonds. The molecule has 0 aliphatic heterocycles. The van der Waals surface area contributed by atoms with Crippen LogP contribution in [0.25, 0.3) is 21.3 Å². The Labute approximate surface area is 142 Å². The van der Waals surface area contributed by atoms with Crippen LogP contribution in [0, 0.1) is 0 Å². The molecule has 0 N–H and O–H groups in total. The first-order valence-corrected chi connectivity index (χ1v) is 9.08. The van der Waals surface area contributed by atoms with E-state index in [1.807, 2.05) is 30.5 Å². The van der Waals surface area contributed by atoms with Gasteiger partial charge in [-0.3, -0.25) is 4.98 Å². The van der Waals surface area contributed by atoms with Gasteiger partial charge in [-0.15, -0.1) is 11.3 Å². The van der Waals surface area contributed by atoms with E-state index >= 15 is 0 Å². The zero-order valence-electron chi connectivity index (χ0n) is 12.2. The van der Waals surface area contributed by atoms with Crippen molar-refractivity contribution < 1.29 is 0 Å². The fourth-order valence-corrected chi connectivity index (χ4v) is 4.32. The molecule has 0 aliphatic carbocycles. The normalized spacial score (nSPS) is 11.0. The van der Waals surface area contributed by atoms with Crippen molar-refractivity contribution in [3.05, 3.63) is 72.1 Å². The number of hydrogen-bond donors (Lipinski definition) is 0.